The van der Waals surface area contributed by atoms with E-state index in [1.165, 1.54) is 0 Å². The highest BCUT2D eigenvalue weighted by atomic mass is 16.5. The smallest absolute Gasteiger partial charge is 0.260 e. The van der Waals surface area contributed by atoms with Crippen LogP contribution in [-0.2, 0) is 4.79 Å². The highest BCUT2D eigenvalue weighted by Crippen LogP contribution is 2.22. The summed E-state index contributed by atoms with van der Waals surface area (Å²) >= 11 is 0. The predicted molar refractivity (Wildman–Crippen MR) is 126 cm³/mol. The van der Waals surface area contributed by atoms with Crippen LogP contribution in [0.4, 0.5) is 5.82 Å². The summed E-state index contributed by atoms with van der Waals surface area (Å²) in [5.74, 6) is 1.61. The summed E-state index contributed by atoms with van der Waals surface area (Å²) < 4.78 is 5.78. The zero-order valence-corrected chi connectivity index (χ0v) is 17.7. The van der Waals surface area contributed by atoms with E-state index < -0.39 is 0 Å². The van der Waals surface area contributed by atoms with Gasteiger partial charge in [-0.25, -0.2) is 9.97 Å². The first-order valence-corrected chi connectivity index (χ1v) is 10.8. The molecule has 0 saturated carbocycles. The topological polar surface area (TPSA) is 58.6 Å². The summed E-state index contributed by atoms with van der Waals surface area (Å²) in [6.07, 6.45) is 1.60. The lowest BCUT2D eigenvalue weighted by Gasteiger charge is -2.35. The summed E-state index contributed by atoms with van der Waals surface area (Å²) in [6.45, 7) is 2.79. The Labute approximate surface area is 187 Å². The first-order chi connectivity index (χ1) is 15.8. The van der Waals surface area contributed by atoms with Crippen molar-refractivity contribution in [3.8, 4) is 17.0 Å². The summed E-state index contributed by atoms with van der Waals surface area (Å²) in [5, 5.41) is 2.26. The number of rotatable bonds is 5. The van der Waals surface area contributed by atoms with Crippen LogP contribution in [0.15, 0.2) is 85.2 Å². The minimum Gasteiger partial charge on any atom is -0.484 e. The number of ether oxygens (including phenoxy) is 1. The van der Waals surface area contributed by atoms with E-state index in [9.17, 15) is 4.79 Å². The fourth-order valence-corrected chi connectivity index (χ4v) is 3.97. The molecule has 6 nitrogen and oxygen atoms in total. The molecule has 3 aromatic carbocycles. The van der Waals surface area contributed by atoms with Crippen molar-refractivity contribution in [3.63, 3.8) is 0 Å². The molecule has 0 N–H and O–H groups in total. The predicted octanol–water partition coefficient (Wildman–Crippen LogP) is 4.02. The normalized spacial score (nSPS) is 13.9. The zero-order chi connectivity index (χ0) is 21.8. The fraction of sp³-hybridized carbons (Fsp3) is 0.192. The van der Waals surface area contributed by atoms with E-state index in [0.717, 1.165) is 40.9 Å². The summed E-state index contributed by atoms with van der Waals surface area (Å²) in [5.41, 5.74) is 1.97. The maximum atomic E-state index is 12.7. The zero-order valence-electron chi connectivity index (χ0n) is 17.7. The molecule has 0 radical (unpaired) electrons. The van der Waals surface area contributed by atoms with E-state index in [0.29, 0.717) is 18.8 Å². The third-order valence-electron chi connectivity index (χ3n) is 5.76. The van der Waals surface area contributed by atoms with Crippen LogP contribution in [0.2, 0.25) is 0 Å². The molecule has 5 rings (SSSR count). The molecular formula is C26H24N4O2. The third-order valence-corrected chi connectivity index (χ3v) is 5.76. The van der Waals surface area contributed by atoms with E-state index in [2.05, 4.69) is 20.9 Å². The number of nitrogens with zero attached hydrogens (tertiary/aromatic N) is 4. The summed E-state index contributed by atoms with van der Waals surface area (Å²) in [4.78, 5) is 25.6. The Balaban J connectivity index is 1.17. The van der Waals surface area contributed by atoms with Crippen molar-refractivity contribution in [2.24, 2.45) is 0 Å². The summed E-state index contributed by atoms with van der Waals surface area (Å²) in [7, 11) is 0. The molecule has 32 heavy (non-hydrogen) atoms. The first-order valence-electron chi connectivity index (χ1n) is 10.8. The standard InChI is InChI=1S/C26H24N4O2/c31-26(18-32-23-11-10-20-6-4-5-9-22(20)16-23)30-14-12-29(13-15-30)25-17-24(27-19-28-25)21-7-2-1-3-8-21/h1-11,16-17,19H,12-15,18H2. The monoisotopic (exact) mass is 424 g/mol. The third kappa shape index (κ3) is 4.39. The highest BCUT2D eigenvalue weighted by Gasteiger charge is 2.22. The number of hydrogen-bond acceptors (Lipinski definition) is 5. The molecule has 1 aliphatic heterocycles. The molecular weight excluding hydrogens is 400 g/mol. The number of hydrogen-bond donors (Lipinski definition) is 0. The molecule has 0 unspecified atom stereocenters. The molecule has 1 aliphatic rings. The number of amides is 1. The lowest BCUT2D eigenvalue weighted by atomic mass is 10.1. The Morgan fingerprint density at radius 2 is 1.56 bits per heavy atom. The molecule has 1 saturated heterocycles. The Morgan fingerprint density at radius 3 is 2.38 bits per heavy atom. The average molecular weight is 425 g/mol. The second-order valence-electron chi connectivity index (χ2n) is 7.79. The van der Waals surface area contributed by atoms with Gasteiger partial charge in [0.15, 0.2) is 6.61 Å². The minimum atomic E-state index is 0.00507. The van der Waals surface area contributed by atoms with E-state index in [1.807, 2.05) is 77.7 Å². The molecule has 0 aliphatic carbocycles. The highest BCUT2D eigenvalue weighted by molar-refractivity contribution is 5.84. The van der Waals surface area contributed by atoms with Crippen molar-refractivity contribution in [1.29, 1.82) is 0 Å². The van der Waals surface area contributed by atoms with Crippen LogP contribution in [-0.4, -0.2) is 53.6 Å². The molecule has 1 amide bonds. The molecule has 0 atom stereocenters. The first kappa shape index (κ1) is 20.0. The number of carbonyl (C=O) groups excluding carboxylic acids is 1. The van der Waals surface area contributed by atoms with Crippen LogP contribution in [0, 0.1) is 0 Å². The van der Waals surface area contributed by atoms with Gasteiger partial charge in [-0.2, -0.15) is 0 Å². The van der Waals surface area contributed by atoms with Gasteiger partial charge in [0.1, 0.15) is 17.9 Å². The Morgan fingerprint density at radius 1 is 0.812 bits per heavy atom. The summed E-state index contributed by atoms with van der Waals surface area (Å²) in [6, 6.07) is 26.1. The number of anilines is 1. The van der Waals surface area contributed by atoms with E-state index in [1.54, 1.807) is 6.33 Å². The van der Waals surface area contributed by atoms with Crippen LogP contribution in [0.5, 0.6) is 5.75 Å². The maximum absolute atomic E-state index is 12.7. The van der Waals surface area contributed by atoms with Crippen LogP contribution in [0.3, 0.4) is 0 Å². The van der Waals surface area contributed by atoms with Crippen LogP contribution in [0.25, 0.3) is 22.0 Å². The molecule has 4 aromatic rings. The van der Waals surface area contributed by atoms with Crippen LogP contribution < -0.4 is 9.64 Å². The van der Waals surface area contributed by atoms with Gasteiger partial charge in [-0.15, -0.1) is 0 Å². The molecule has 2 heterocycles. The van der Waals surface area contributed by atoms with E-state index in [-0.39, 0.29) is 12.5 Å². The van der Waals surface area contributed by atoms with Crippen molar-refractivity contribution < 1.29 is 9.53 Å². The van der Waals surface area contributed by atoms with Gasteiger partial charge in [0, 0.05) is 37.8 Å². The number of fused-ring (bicyclic) bond motifs is 1. The molecule has 0 bridgehead atoms. The second-order valence-corrected chi connectivity index (χ2v) is 7.79. The fourth-order valence-electron chi connectivity index (χ4n) is 3.97. The Kier molecular flexibility index (Phi) is 5.66. The van der Waals surface area contributed by atoms with Crippen molar-refractivity contribution in [3.05, 3.63) is 85.2 Å². The molecule has 160 valence electrons. The lowest BCUT2D eigenvalue weighted by Crippen LogP contribution is -2.50. The van der Waals surface area contributed by atoms with Crippen LogP contribution >= 0.6 is 0 Å². The van der Waals surface area contributed by atoms with E-state index >= 15 is 0 Å². The quantitative estimate of drug-likeness (QED) is 0.484. The number of carbonyl (C=O) groups is 1. The van der Waals surface area contributed by atoms with Gasteiger partial charge in [0.05, 0.1) is 5.69 Å². The van der Waals surface area contributed by atoms with E-state index in [4.69, 9.17) is 4.74 Å². The van der Waals surface area contributed by atoms with Gasteiger partial charge in [-0.3, -0.25) is 4.79 Å². The number of aromatic nitrogens is 2. The van der Waals surface area contributed by atoms with Crippen molar-refractivity contribution in [2.75, 3.05) is 37.7 Å². The molecule has 1 fully saturated rings. The van der Waals surface area contributed by atoms with Gasteiger partial charge in [0.2, 0.25) is 0 Å². The van der Waals surface area contributed by atoms with Crippen molar-refractivity contribution >= 4 is 22.5 Å². The van der Waals surface area contributed by atoms with Crippen LogP contribution in [0.1, 0.15) is 0 Å². The SMILES string of the molecule is O=C(COc1ccc2ccccc2c1)N1CCN(c2cc(-c3ccccc3)ncn2)CC1. The second kappa shape index (κ2) is 9.06. The average Bonchev–Trinajstić information content (AvgIpc) is 2.88. The van der Waals surface area contributed by atoms with Gasteiger partial charge in [0.25, 0.3) is 5.91 Å². The Bertz CT molecular complexity index is 1220. The largest absolute Gasteiger partial charge is 0.484 e. The van der Waals surface area contributed by atoms with Gasteiger partial charge < -0.3 is 14.5 Å². The minimum absolute atomic E-state index is 0.00507. The molecule has 6 heteroatoms. The molecule has 0 spiro atoms. The number of piperazine rings is 1. The van der Waals surface area contributed by atoms with Gasteiger partial charge >= 0.3 is 0 Å². The lowest BCUT2D eigenvalue weighted by molar-refractivity contribution is -0.133. The van der Waals surface area contributed by atoms with Crippen molar-refractivity contribution in [2.45, 2.75) is 0 Å². The molecule has 1 aromatic heterocycles. The maximum Gasteiger partial charge on any atom is 0.260 e. The van der Waals surface area contributed by atoms with Crippen molar-refractivity contribution in [1.82, 2.24) is 14.9 Å². The van der Waals surface area contributed by atoms with Gasteiger partial charge in [-0.1, -0.05) is 60.7 Å². The number of benzene rings is 3. The Hall–Kier alpha value is -3.93. The van der Waals surface area contributed by atoms with Gasteiger partial charge in [-0.05, 0) is 22.9 Å².